The van der Waals surface area contributed by atoms with E-state index in [9.17, 15) is 33.9 Å². The average Bonchev–Trinajstić information content (AvgIpc) is 2.74. The second-order valence-electron chi connectivity index (χ2n) is 8.13. The number of hydrogen-bond acceptors (Lipinski definition) is 8. The number of rotatable bonds is 16. The smallest absolute Gasteiger partial charge is 0.326 e. The summed E-state index contributed by atoms with van der Waals surface area (Å²) in [5.74, 6) is -6.34. The molecule has 34 heavy (non-hydrogen) atoms. The lowest BCUT2D eigenvalue weighted by Crippen LogP contribution is -2.55. The number of carboxylic acids is 2. The van der Waals surface area contributed by atoms with Crippen LogP contribution in [0.3, 0.4) is 0 Å². The molecule has 4 atom stereocenters. The summed E-state index contributed by atoms with van der Waals surface area (Å²) in [6.45, 7) is 4.34. The van der Waals surface area contributed by atoms with Crippen LogP contribution < -0.4 is 32.7 Å². The van der Waals surface area contributed by atoms with Crippen LogP contribution in [0.2, 0.25) is 0 Å². The fourth-order valence-electron chi connectivity index (χ4n) is 2.74. The van der Waals surface area contributed by atoms with Crippen molar-refractivity contribution < 1.29 is 39.0 Å². The van der Waals surface area contributed by atoms with Gasteiger partial charge in [-0.15, -0.1) is 0 Å². The molecule has 0 rings (SSSR count). The molecule has 0 aliphatic carbocycles. The fraction of sp³-hybridized carbons (Fsp3) is 0.700. The SMILES string of the molecule is CC(C)[C@H](NC(=O)[C@H](CC(=O)O)NC(=O)CNC(=O)[C@H](C)NC(=O)[C@@H](N)CCCCN)C(=O)O. The Morgan fingerprint density at radius 3 is 1.97 bits per heavy atom. The van der Waals surface area contributed by atoms with Gasteiger partial charge in [0.2, 0.25) is 23.6 Å². The lowest BCUT2D eigenvalue weighted by atomic mass is 10.0. The van der Waals surface area contributed by atoms with E-state index in [1.807, 2.05) is 0 Å². The van der Waals surface area contributed by atoms with Crippen LogP contribution in [0.1, 0.15) is 46.5 Å². The van der Waals surface area contributed by atoms with Crippen LogP contribution >= 0.6 is 0 Å². The Hall–Kier alpha value is -3.26. The summed E-state index contributed by atoms with van der Waals surface area (Å²) >= 11 is 0. The summed E-state index contributed by atoms with van der Waals surface area (Å²) in [6.07, 6.45) is 0.958. The normalized spacial score (nSPS) is 14.3. The van der Waals surface area contributed by atoms with Crippen LogP contribution in [-0.4, -0.2) is 83.0 Å². The first kappa shape index (κ1) is 30.7. The molecule has 0 spiro atoms. The van der Waals surface area contributed by atoms with Crippen LogP contribution in [0.4, 0.5) is 0 Å². The van der Waals surface area contributed by atoms with Gasteiger partial charge in [0.25, 0.3) is 0 Å². The fourth-order valence-corrected chi connectivity index (χ4v) is 2.74. The average molecular weight is 489 g/mol. The molecule has 0 unspecified atom stereocenters. The van der Waals surface area contributed by atoms with E-state index in [2.05, 4.69) is 21.3 Å². The van der Waals surface area contributed by atoms with E-state index >= 15 is 0 Å². The number of hydrogen-bond donors (Lipinski definition) is 8. The van der Waals surface area contributed by atoms with Gasteiger partial charge < -0.3 is 42.9 Å². The first-order valence-corrected chi connectivity index (χ1v) is 10.9. The lowest BCUT2D eigenvalue weighted by molar-refractivity contribution is -0.144. The molecule has 0 heterocycles. The third-order valence-electron chi connectivity index (χ3n) is 4.74. The molecular formula is C20H36N6O8. The van der Waals surface area contributed by atoms with Crippen LogP contribution in [0.5, 0.6) is 0 Å². The molecule has 4 amide bonds. The molecule has 0 aromatic rings. The van der Waals surface area contributed by atoms with Gasteiger partial charge in [0.05, 0.1) is 19.0 Å². The monoisotopic (exact) mass is 488 g/mol. The Morgan fingerprint density at radius 2 is 1.47 bits per heavy atom. The minimum Gasteiger partial charge on any atom is -0.481 e. The maximum absolute atomic E-state index is 12.4. The molecule has 14 heteroatoms. The Bertz CT molecular complexity index is 745. The molecule has 0 radical (unpaired) electrons. The molecule has 0 aromatic carbocycles. The van der Waals surface area contributed by atoms with Gasteiger partial charge in [-0.2, -0.15) is 0 Å². The van der Waals surface area contributed by atoms with Crippen LogP contribution in [0.25, 0.3) is 0 Å². The van der Waals surface area contributed by atoms with Gasteiger partial charge in [-0.25, -0.2) is 4.79 Å². The molecular weight excluding hydrogens is 452 g/mol. The standard InChI is InChI=1S/C20H36N6O8/c1-10(2)16(20(33)34)26-19(32)13(8-15(28)29)25-14(27)9-23-17(30)11(3)24-18(31)12(22)6-4-5-7-21/h10-13,16H,4-9,21-22H2,1-3H3,(H,23,30)(H,24,31)(H,25,27)(H,26,32)(H,28,29)(H,33,34)/t11-,12-,13-,16-/m0/s1. The highest BCUT2D eigenvalue weighted by atomic mass is 16.4. The van der Waals surface area contributed by atoms with Gasteiger partial charge in [-0.3, -0.25) is 24.0 Å². The summed E-state index contributed by atoms with van der Waals surface area (Å²) in [7, 11) is 0. The summed E-state index contributed by atoms with van der Waals surface area (Å²) in [5.41, 5.74) is 11.1. The van der Waals surface area contributed by atoms with Crippen molar-refractivity contribution in [2.45, 2.75) is 70.6 Å². The molecule has 10 N–H and O–H groups in total. The minimum atomic E-state index is -1.56. The molecule has 0 aromatic heterocycles. The quantitative estimate of drug-likeness (QED) is 0.104. The van der Waals surface area contributed by atoms with E-state index in [0.29, 0.717) is 25.8 Å². The Labute approximate surface area is 197 Å². The topological polar surface area (TPSA) is 243 Å². The number of carbonyl (C=O) groups excluding carboxylic acids is 4. The van der Waals surface area contributed by atoms with E-state index in [1.165, 1.54) is 6.92 Å². The van der Waals surface area contributed by atoms with Crippen molar-refractivity contribution in [3.8, 4) is 0 Å². The minimum absolute atomic E-state index is 0.395. The van der Waals surface area contributed by atoms with Crippen molar-refractivity contribution in [2.75, 3.05) is 13.1 Å². The van der Waals surface area contributed by atoms with Gasteiger partial charge in [0.15, 0.2) is 0 Å². The predicted molar refractivity (Wildman–Crippen MR) is 120 cm³/mol. The first-order valence-electron chi connectivity index (χ1n) is 10.9. The zero-order valence-electron chi connectivity index (χ0n) is 19.6. The van der Waals surface area contributed by atoms with Crippen LogP contribution in [0, 0.1) is 5.92 Å². The molecule has 194 valence electrons. The number of nitrogens with one attached hydrogen (secondary N) is 4. The lowest BCUT2D eigenvalue weighted by Gasteiger charge is -2.22. The number of aliphatic carboxylic acids is 2. The van der Waals surface area contributed by atoms with Gasteiger partial charge in [-0.1, -0.05) is 20.3 Å². The Balaban J connectivity index is 4.82. The van der Waals surface area contributed by atoms with Gasteiger partial charge >= 0.3 is 11.9 Å². The highest BCUT2D eigenvalue weighted by molar-refractivity contribution is 5.95. The highest BCUT2D eigenvalue weighted by Crippen LogP contribution is 2.04. The number of unbranched alkanes of at least 4 members (excludes halogenated alkanes) is 1. The second kappa shape index (κ2) is 15.6. The summed E-state index contributed by atoms with van der Waals surface area (Å²) in [6, 6.07) is -4.68. The molecule has 0 aliphatic rings. The first-order chi connectivity index (χ1) is 15.8. The zero-order valence-corrected chi connectivity index (χ0v) is 19.6. The maximum atomic E-state index is 12.4. The van der Waals surface area contributed by atoms with Crippen LogP contribution in [-0.2, 0) is 28.8 Å². The van der Waals surface area contributed by atoms with E-state index in [0.717, 1.165) is 0 Å². The summed E-state index contributed by atoms with van der Waals surface area (Å²) in [5, 5.41) is 27.2. The van der Waals surface area contributed by atoms with Crippen molar-refractivity contribution >= 4 is 35.6 Å². The second-order valence-corrected chi connectivity index (χ2v) is 8.13. The zero-order chi connectivity index (χ0) is 26.4. The molecule has 0 fully saturated rings. The van der Waals surface area contributed by atoms with Crippen molar-refractivity contribution in [2.24, 2.45) is 17.4 Å². The van der Waals surface area contributed by atoms with E-state index in [1.54, 1.807) is 13.8 Å². The van der Waals surface area contributed by atoms with Gasteiger partial charge in [-0.05, 0) is 32.2 Å². The van der Waals surface area contributed by atoms with Gasteiger partial charge in [0, 0.05) is 0 Å². The molecule has 0 saturated heterocycles. The van der Waals surface area contributed by atoms with Crippen LogP contribution in [0.15, 0.2) is 0 Å². The number of carboxylic acid groups (broad SMARTS) is 2. The molecule has 0 aliphatic heterocycles. The number of carbonyl (C=O) groups is 6. The summed E-state index contributed by atoms with van der Waals surface area (Å²) in [4.78, 5) is 71.0. The Morgan fingerprint density at radius 1 is 0.853 bits per heavy atom. The van der Waals surface area contributed by atoms with Crippen molar-refractivity contribution in [3.63, 3.8) is 0 Å². The van der Waals surface area contributed by atoms with E-state index < -0.39 is 78.6 Å². The summed E-state index contributed by atoms with van der Waals surface area (Å²) < 4.78 is 0. The van der Waals surface area contributed by atoms with Crippen molar-refractivity contribution in [3.05, 3.63) is 0 Å². The maximum Gasteiger partial charge on any atom is 0.326 e. The Kier molecular flexibility index (Phi) is 14.1. The van der Waals surface area contributed by atoms with E-state index in [-0.39, 0.29) is 0 Å². The third-order valence-corrected chi connectivity index (χ3v) is 4.74. The highest BCUT2D eigenvalue weighted by Gasteiger charge is 2.30. The molecule has 14 nitrogen and oxygen atoms in total. The largest absolute Gasteiger partial charge is 0.481 e. The molecule has 0 bridgehead atoms. The number of nitrogens with two attached hydrogens (primary N) is 2. The number of amides is 4. The van der Waals surface area contributed by atoms with Gasteiger partial charge in [0.1, 0.15) is 18.1 Å². The molecule has 0 saturated carbocycles. The predicted octanol–water partition coefficient (Wildman–Crippen LogP) is -2.75. The van der Waals surface area contributed by atoms with Crippen molar-refractivity contribution in [1.29, 1.82) is 0 Å². The van der Waals surface area contributed by atoms with E-state index in [4.69, 9.17) is 16.6 Å². The third kappa shape index (κ3) is 12.1. The van der Waals surface area contributed by atoms with Crippen molar-refractivity contribution in [1.82, 2.24) is 21.3 Å².